The maximum atomic E-state index is 13.0. The van der Waals surface area contributed by atoms with Gasteiger partial charge in [-0.2, -0.15) is 0 Å². The lowest BCUT2D eigenvalue weighted by Crippen LogP contribution is -2.49. The third-order valence-corrected chi connectivity index (χ3v) is 5.39. The number of carbonyl (C=O) groups is 3. The summed E-state index contributed by atoms with van der Waals surface area (Å²) < 4.78 is 5.54. The molecule has 2 aliphatic rings. The van der Waals surface area contributed by atoms with Crippen LogP contribution in [-0.2, 0) is 14.4 Å². The van der Waals surface area contributed by atoms with Gasteiger partial charge in [-0.1, -0.05) is 25.1 Å². The maximum absolute atomic E-state index is 13.0. The van der Waals surface area contributed by atoms with Gasteiger partial charge in [0.25, 0.3) is 5.91 Å². The second kappa shape index (κ2) is 9.08. The van der Waals surface area contributed by atoms with Gasteiger partial charge in [-0.25, -0.2) is 0 Å². The van der Waals surface area contributed by atoms with Gasteiger partial charge in [0.2, 0.25) is 5.91 Å². The second-order valence-corrected chi connectivity index (χ2v) is 7.74. The first kappa shape index (κ1) is 20.2. The van der Waals surface area contributed by atoms with E-state index in [2.05, 4.69) is 0 Å². The molecule has 1 aliphatic heterocycles. The summed E-state index contributed by atoms with van der Waals surface area (Å²) in [6.07, 6.45) is 3.35. The van der Waals surface area contributed by atoms with Crippen molar-refractivity contribution in [3.8, 4) is 5.75 Å². The number of likely N-dealkylation sites (tertiary alicyclic amines) is 1. The summed E-state index contributed by atoms with van der Waals surface area (Å²) in [5, 5.41) is 9.19. The van der Waals surface area contributed by atoms with Crippen molar-refractivity contribution in [3.63, 3.8) is 0 Å². The molecule has 28 heavy (non-hydrogen) atoms. The third-order valence-electron chi connectivity index (χ3n) is 5.39. The van der Waals surface area contributed by atoms with Gasteiger partial charge in [0.15, 0.2) is 6.61 Å². The molecule has 1 aliphatic carbocycles. The number of amides is 2. The first-order valence-electron chi connectivity index (χ1n) is 9.94. The zero-order valence-corrected chi connectivity index (χ0v) is 16.3. The van der Waals surface area contributed by atoms with Crippen LogP contribution < -0.4 is 4.74 Å². The normalized spacial score (nSPS) is 20.3. The average molecular weight is 388 g/mol. The zero-order valence-electron chi connectivity index (χ0n) is 16.3. The van der Waals surface area contributed by atoms with Crippen LogP contribution in [0.25, 0.3) is 0 Å². The highest BCUT2D eigenvalue weighted by Crippen LogP contribution is 2.31. The highest BCUT2D eigenvalue weighted by atomic mass is 16.5. The SMILES string of the molecule is CC(CN(C(=O)C1CCCN(C(=O)COc2ccccc2)C1)C1CC1)C(=O)O. The van der Waals surface area contributed by atoms with Gasteiger partial charge in [0, 0.05) is 25.7 Å². The van der Waals surface area contributed by atoms with E-state index in [9.17, 15) is 19.5 Å². The molecule has 0 radical (unpaired) electrons. The van der Waals surface area contributed by atoms with Crippen LogP contribution in [0.15, 0.2) is 30.3 Å². The summed E-state index contributed by atoms with van der Waals surface area (Å²) in [6, 6.07) is 9.33. The molecule has 2 amide bonds. The number of aliphatic carboxylic acids is 1. The van der Waals surface area contributed by atoms with Crippen molar-refractivity contribution in [2.45, 2.75) is 38.6 Å². The summed E-state index contributed by atoms with van der Waals surface area (Å²) in [4.78, 5) is 40.2. The summed E-state index contributed by atoms with van der Waals surface area (Å²) in [5.74, 6) is -1.25. The molecular formula is C21H28N2O5. The van der Waals surface area contributed by atoms with Gasteiger partial charge in [0.05, 0.1) is 11.8 Å². The Morgan fingerprint density at radius 3 is 2.57 bits per heavy atom. The Hall–Kier alpha value is -2.57. The molecule has 1 aromatic carbocycles. The number of nitrogens with zero attached hydrogens (tertiary/aromatic N) is 2. The smallest absolute Gasteiger partial charge is 0.308 e. The van der Waals surface area contributed by atoms with Crippen molar-refractivity contribution >= 4 is 17.8 Å². The van der Waals surface area contributed by atoms with Crippen LogP contribution in [0, 0.1) is 11.8 Å². The van der Waals surface area contributed by atoms with E-state index in [1.165, 1.54) is 0 Å². The molecule has 0 aromatic heterocycles. The number of para-hydroxylation sites is 1. The molecule has 7 nitrogen and oxygen atoms in total. The molecule has 1 aromatic rings. The first-order valence-corrected chi connectivity index (χ1v) is 9.94. The van der Waals surface area contributed by atoms with E-state index in [-0.39, 0.29) is 36.9 Å². The van der Waals surface area contributed by atoms with Crippen molar-refractivity contribution in [2.24, 2.45) is 11.8 Å². The van der Waals surface area contributed by atoms with Crippen LogP contribution in [0.3, 0.4) is 0 Å². The Kier molecular flexibility index (Phi) is 6.54. The Balaban J connectivity index is 1.56. The van der Waals surface area contributed by atoms with Crippen LogP contribution in [-0.4, -0.2) is 65.0 Å². The van der Waals surface area contributed by atoms with Gasteiger partial charge in [-0.05, 0) is 37.8 Å². The third kappa shape index (κ3) is 5.24. The average Bonchev–Trinajstić information content (AvgIpc) is 3.55. The fourth-order valence-electron chi connectivity index (χ4n) is 3.57. The van der Waals surface area contributed by atoms with E-state index in [0.29, 0.717) is 18.8 Å². The highest BCUT2D eigenvalue weighted by molar-refractivity contribution is 5.83. The van der Waals surface area contributed by atoms with E-state index in [4.69, 9.17) is 4.74 Å². The van der Waals surface area contributed by atoms with Crippen LogP contribution in [0.2, 0.25) is 0 Å². The van der Waals surface area contributed by atoms with Crippen molar-refractivity contribution < 1.29 is 24.2 Å². The lowest BCUT2D eigenvalue weighted by atomic mass is 9.95. The summed E-state index contributed by atoms with van der Waals surface area (Å²) >= 11 is 0. The molecule has 0 bridgehead atoms. The summed E-state index contributed by atoms with van der Waals surface area (Å²) in [5.41, 5.74) is 0. The summed E-state index contributed by atoms with van der Waals surface area (Å²) in [7, 11) is 0. The standard InChI is InChI=1S/C21H28N2O5/c1-15(21(26)27)12-23(17-9-10-17)20(25)16-6-5-11-22(13-16)19(24)14-28-18-7-3-2-4-8-18/h2-4,7-8,15-17H,5-6,9-14H2,1H3,(H,26,27). The molecule has 1 heterocycles. The maximum Gasteiger partial charge on any atom is 0.308 e. The predicted octanol–water partition coefficient (Wildman–Crippen LogP) is 2.02. The molecule has 2 fully saturated rings. The Morgan fingerprint density at radius 2 is 1.93 bits per heavy atom. The number of carboxylic acids is 1. The fraction of sp³-hybridized carbons (Fsp3) is 0.571. The number of carboxylic acid groups (broad SMARTS) is 1. The predicted molar refractivity (Wildman–Crippen MR) is 103 cm³/mol. The number of piperidine rings is 1. The van der Waals surface area contributed by atoms with Crippen molar-refractivity contribution in [2.75, 3.05) is 26.2 Å². The second-order valence-electron chi connectivity index (χ2n) is 7.74. The van der Waals surface area contributed by atoms with E-state index < -0.39 is 11.9 Å². The molecule has 3 rings (SSSR count). The van der Waals surface area contributed by atoms with Gasteiger partial charge >= 0.3 is 5.97 Å². The number of hydrogen-bond donors (Lipinski definition) is 1. The number of ether oxygens (including phenoxy) is 1. The molecule has 1 saturated carbocycles. The number of benzene rings is 1. The number of hydrogen-bond acceptors (Lipinski definition) is 4. The number of carbonyl (C=O) groups excluding carboxylic acids is 2. The van der Waals surface area contributed by atoms with Crippen LogP contribution >= 0.6 is 0 Å². The lowest BCUT2D eigenvalue weighted by molar-refractivity contribution is -0.145. The molecule has 1 saturated heterocycles. The molecular weight excluding hydrogens is 360 g/mol. The number of rotatable bonds is 8. The van der Waals surface area contributed by atoms with Crippen molar-refractivity contribution in [3.05, 3.63) is 30.3 Å². The molecule has 1 N–H and O–H groups in total. The Bertz CT molecular complexity index is 704. The minimum Gasteiger partial charge on any atom is -0.484 e. The fourth-order valence-corrected chi connectivity index (χ4v) is 3.57. The molecule has 152 valence electrons. The molecule has 2 atom stereocenters. The van der Waals surface area contributed by atoms with E-state index >= 15 is 0 Å². The summed E-state index contributed by atoms with van der Waals surface area (Å²) in [6.45, 7) is 2.81. The molecule has 7 heteroatoms. The first-order chi connectivity index (χ1) is 13.5. The van der Waals surface area contributed by atoms with Crippen molar-refractivity contribution in [1.82, 2.24) is 9.80 Å². The molecule has 2 unspecified atom stereocenters. The van der Waals surface area contributed by atoms with Gasteiger partial charge in [-0.3, -0.25) is 14.4 Å². The van der Waals surface area contributed by atoms with Crippen LogP contribution in [0.1, 0.15) is 32.6 Å². The van der Waals surface area contributed by atoms with Crippen LogP contribution in [0.4, 0.5) is 0 Å². The van der Waals surface area contributed by atoms with Gasteiger partial charge in [0.1, 0.15) is 5.75 Å². The lowest BCUT2D eigenvalue weighted by Gasteiger charge is -2.35. The minimum atomic E-state index is -0.892. The van der Waals surface area contributed by atoms with Crippen LogP contribution in [0.5, 0.6) is 5.75 Å². The van der Waals surface area contributed by atoms with Gasteiger partial charge in [-0.15, -0.1) is 0 Å². The zero-order chi connectivity index (χ0) is 20.1. The Morgan fingerprint density at radius 1 is 1.21 bits per heavy atom. The quantitative estimate of drug-likeness (QED) is 0.736. The van der Waals surface area contributed by atoms with E-state index in [1.807, 2.05) is 18.2 Å². The van der Waals surface area contributed by atoms with Crippen molar-refractivity contribution in [1.29, 1.82) is 0 Å². The Labute approximate surface area is 165 Å². The molecule has 0 spiro atoms. The van der Waals surface area contributed by atoms with E-state index in [1.54, 1.807) is 28.9 Å². The van der Waals surface area contributed by atoms with E-state index in [0.717, 1.165) is 25.7 Å². The van der Waals surface area contributed by atoms with Gasteiger partial charge < -0.3 is 19.6 Å². The topological polar surface area (TPSA) is 87.2 Å². The highest BCUT2D eigenvalue weighted by Gasteiger charge is 2.39. The monoisotopic (exact) mass is 388 g/mol. The minimum absolute atomic E-state index is 0.0166. The largest absolute Gasteiger partial charge is 0.484 e.